The minimum Gasteiger partial charge on any atom is -0.479 e. The number of aryl methyl sites for hydroxylation is 1. The van der Waals surface area contributed by atoms with Gasteiger partial charge in [-0.15, -0.1) is 0 Å². The normalized spacial score (nSPS) is 12.1. The number of carboxylic acid groups (broad SMARTS) is 1. The third kappa shape index (κ3) is 3.60. The van der Waals surface area contributed by atoms with Crippen LogP contribution < -0.4 is 5.32 Å². The van der Waals surface area contributed by atoms with E-state index < -0.39 is 18.0 Å². The molecule has 0 saturated heterocycles. The summed E-state index contributed by atoms with van der Waals surface area (Å²) in [6.07, 6.45) is -0.358. The summed E-state index contributed by atoms with van der Waals surface area (Å²) in [5.41, 5.74) is 0. The van der Waals surface area contributed by atoms with E-state index >= 15 is 0 Å². The Balaban J connectivity index is 2.52. The zero-order chi connectivity index (χ0) is 12.8. The quantitative estimate of drug-likeness (QED) is 0.764. The van der Waals surface area contributed by atoms with Gasteiger partial charge in [0.05, 0.1) is 6.54 Å². The molecule has 94 valence electrons. The average molecular weight is 241 g/mol. The predicted molar refractivity (Wildman–Crippen MR) is 58.9 cm³/mol. The van der Waals surface area contributed by atoms with Gasteiger partial charge in [0, 0.05) is 13.5 Å². The van der Waals surface area contributed by atoms with Crippen LogP contribution in [0, 0.1) is 0 Å². The molecule has 0 bridgehead atoms. The maximum Gasteiger partial charge on any atom is 0.334 e. The predicted octanol–water partition coefficient (Wildman–Crippen LogP) is 0.671. The van der Waals surface area contributed by atoms with E-state index in [9.17, 15) is 9.59 Å². The molecular weight excluding hydrogens is 226 g/mol. The van der Waals surface area contributed by atoms with Gasteiger partial charge in [-0.05, 0) is 12.1 Å². The Hall–Kier alpha value is -1.82. The molecule has 17 heavy (non-hydrogen) atoms. The van der Waals surface area contributed by atoms with E-state index in [0.717, 1.165) is 0 Å². The zero-order valence-electron chi connectivity index (χ0n) is 9.73. The minimum atomic E-state index is -1.12. The first-order chi connectivity index (χ1) is 8.08. The summed E-state index contributed by atoms with van der Waals surface area (Å²) in [4.78, 5) is 22.2. The van der Waals surface area contributed by atoms with E-state index in [2.05, 4.69) is 10.1 Å². The summed E-state index contributed by atoms with van der Waals surface area (Å²) < 4.78 is 9.90. The molecule has 0 radical (unpaired) electrons. The van der Waals surface area contributed by atoms with Crippen LogP contribution in [-0.2, 0) is 16.0 Å². The van der Waals surface area contributed by atoms with Crippen LogP contribution in [0.5, 0.6) is 0 Å². The Morgan fingerprint density at radius 1 is 1.53 bits per heavy atom. The number of carboxylic acids is 1. The molecule has 0 spiro atoms. The molecule has 1 rings (SSSR count). The van der Waals surface area contributed by atoms with Crippen molar-refractivity contribution in [2.45, 2.75) is 19.4 Å². The number of aliphatic carboxylic acids is 1. The standard InChI is InChI=1S/C11H15NO5/c1-3-7-4-5-8(17-7)10(13)12-6-9(16-2)11(14)15/h4-5,9H,3,6H2,1-2H3,(H,12,13)(H,14,15). The van der Waals surface area contributed by atoms with E-state index in [4.69, 9.17) is 9.52 Å². The zero-order valence-corrected chi connectivity index (χ0v) is 9.73. The van der Waals surface area contributed by atoms with Gasteiger partial charge >= 0.3 is 5.97 Å². The summed E-state index contributed by atoms with van der Waals surface area (Å²) in [7, 11) is 1.27. The number of hydrogen-bond donors (Lipinski definition) is 2. The number of ether oxygens (including phenoxy) is 1. The molecule has 1 heterocycles. The summed E-state index contributed by atoms with van der Waals surface area (Å²) in [5.74, 6) is -0.701. The first-order valence-corrected chi connectivity index (χ1v) is 5.21. The van der Waals surface area contributed by atoms with Crippen LogP contribution in [0.1, 0.15) is 23.2 Å². The summed E-state index contributed by atoms with van der Waals surface area (Å²) in [6.45, 7) is 1.80. The van der Waals surface area contributed by atoms with Crippen LogP contribution in [0.2, 0.25) is 0 Å². The Kier molecular flexibility index (Phi) is 4.71. The maximum atomic E-state index is 11.6. The fourth-order valence-corrected chi connectivity index (χ4v) is 1.23. The van der Waals surface area contributed by atoms with Gasteiger partial charge in [-0.25, -0.2) is 4.79 Å². The van der Waals surface area contributed by atoms with Gasteiger partial charge < -0.3 is 19.6 Å². The molecule has 0 aromatic carbocycles. The number of nitrogens with one attached hydrogen (secondary N) is 1. The molecule has 0 saturated carbocycles. The number of methoxy groups -OCH3 is 1. The molecule has 0 aliphatic heterocycles. The molecule has 0 aliphatic rings. The molecule has 1 aromatic rings. The van der Waals surface area contributed by atoms with Gasteiger partial charge in [-0.1, -0.05) is 6.92 Å². The lowest BCUT2D eigenvalue weighted by Gasteiger charge is -2.10. The summed E-state index contributed by atoms with van der Waals surface area (Å²) in [6, 6.07) is 3.26. The van der Waals surface area contributed by atoms with Crippen molar-refractivity contribution in [1.29, 1.82) is 0 Å². The van der Waals surface area contributed by atoms with Crippen LogP contribution in [0.25, 0.3) is 0 Å². The molecule has 1 aromatic heterocycles. The lowest BCUT2D eigenvalue weighted by atomic mass is 10.3. The van der Waals surface area contributed by atoms with Gasteiger partial charge in [0.2, 0.25) is 0 Å². The topological polar surface area (TPSA) is 88.8 Å². The number of carbonyl (C=O) groups is 2. The molecule has 0 aliphatic carbocycles. The van der Waals surface area contributed by atoms with E-state index in [-0.39, 0.29) is 12.3 Å². The van der Waals surface area contributed by atoms with Gasteiger partial charge in [0.1, 0.15) is 5.76 Å². The van der Waals surface area contributed by atoms with Crippen molar-refractivity contribution >= 4 is 11.9 Å². The van der Waals surface area contributed by atoms with E-state index in [1.807, 2.05) is 6.92 Å². The largest absolute Gasteiger partial charge is 0.479 e. The van der Waals surface area contributed by atoms with Crippen LogP contribution in [-0.4, -0.2) is 36.7 Å². The highest BCUT2D eigenvalue weighted by Crippen LogP contribution is 2.08. The molecule has 0 fully saturated rings. The molecule has 1 unspecified atom stereocenters. The number of furan rings is 1. The molecule has 1 atom stereocenters. The second-order valence-corrected chi connectivity index (χ2v) is 3.39. The second-order valence-electron chi connectivity index (χ2n) is 3.39. The van der Waals surface area contributed by atoms with Crippen LogP contribution in [0.4, 0.5) is 0 Å². The van der Waals surface area contributed by atoms with Crippen LogP contribution >= 0.6 is 0 Å². The van der Waals surface area contributed by atoms with Crippen molar-refractivity contribution in [2.24, 2.45) is 0 Å². The van der Waals surface area contributed by atoms with Crippen molar-refractivity contribution < 1.29 is 23.8 Å². The number of rotatable bonds is 6. The van der Waals surface area contributed by atoms with Crippen molar-refractivity contribution in [2.75, 3.05) is 13.7 Å². The van der Waals surface area contributed by atoms with Crippen molar-refractivity contribution in [3.05, 3.63) is 23.7 Å². The highest BCUT2D eigenvalue weighted by Gasteiger charge is 2.18. The van der Waals surface area contributed by atoms with Crippen LogP contribution in [0.15, 0.2) is 16.5 Å². The molecule has 1 amide bonds. The first kappa shape index (κ1) is 13.2. The van der Waals surface area contributed by atoms with Gasteiger partial charge in [-0.2, -0.15) is 0 Å². The van der Waals surface area contributed by atoms with Gasteiger partial charge in [-0.3, -0.25) is 4.79 Å². The average Bonchev–Trinajstić information content (AvgIpc) is 2.77. The number of hydrogen-bond acceptors (Lipinski definition) is 4. The Morgan fingerprint density at radius 2 is 2.24 bits per heavy atom. The maximum absolute atomic E-state index is 11.6. The second kappa shape index (κ2) is 6.05. The molecular formula is C11H15NO5. The van der Waals surface area contributed by atoms with E-state index in [1.54, 1.807) is 12.1 Å². The fourth-order valence-electron chi connectivity index (χ4n) is 1.23. The van der Waals surface area contributed by atoms with Crippen molar-refractivity contribution in [3.63, 3.8) is 0 Å². The lowest BCUT2D eigenvalue weighted by molar-refractivity contribution is -0.148. The first-order valence-electron chi connectivity index (χ1n) is 5.21. The lowest BCUT2D eigenvalue weighted by Crippen LogP contribution is -2.37. The number of amides is 1. The fraction of sp³-hybridized carbons (Fsp3) is 0.455. The molecule has 2 N–H and O–H groups in total. The highest BCUT2D eigenvalue weighted by atomic mass is 16.5. The van der Waals surface area contributed by atoms with Crippen molar-refractivity contribution in [1.82, 2.24) is 5.32 Å². The van der Waals surface area contributed by atoms with Crippen molar-refractivity contribution in [3.8, 4) is 0 Å². The summed E-state index contributed by atoms with van der Waals surface area (Å²) in [5, 5.41) is 11.1. The minimum absolute atomic E-state index is 0.104. The van der Waals surface area contributed by atoms with Gasteiger partial charge in [0.15, 0.2) is 11.9 Å². The molecule has 6 nitrogen and oxygen atoms in total. The van der Waals surface area contributed by atoms with E-state index in [0.29, 0.717) is 12.2 Å². The third-order valence-electron chi connectivity index (χ3n) is 2.24. The smallest absolute Gasteiger partial charge is 0.334 e. The third-order valence-corrected chi connectivity index (χ3v) is 2.24. The Labute approximate surface area is 98.6 Å². The van der Waals surface area contributed by atoms with Crippen LogP contribution in [0.3, 0.4) is 0 Å². The highest BCUT2D eigenvalue weighted by molar-refractivity contribution is 5.91. The van der Waals surface area contributed by atoms with E-state index in [1.165, 1.54) is 7.11 Å². The molecule has 6 heteroatoms. The Bertz CT molecular complexity index is 398. The van der Waals surface area contributed by atoms with Gasteiger partial charge in [0.25, 0.3) is 5.91 Å². The summed E-state index contributed by atoms with van der Waals surface area (Å²) >= 11 is 0. The number of carbonyl (C=O) groups excluding carboxylic acids is 1. The SMILES string of the molecule is CCc1ccc(C(=O)NCC(OC)C(=O)O)o1. The monoisotopic (exact) mass is 241 g/mol. The Morgan fingerprint density at radius 3 is 2.71 bits per heavy atom.